The largest absolute Gasteiger partial charge is 0.460 e. The van der Waals surface area contributed by atoms with E-state index in [9.17, 15) is 24.3 Å². The number of rotatable bonds is 9. The molecule has 0 bridgehead atoms. The van der Waals surface area contributed by atoms with Crippen LogP contribution in [0.2, 0.25) is 0 Å². The number of esters is 1. The minimum absolute atomic E-state index is 0.117. The third kappa shape index (κ3) is 8.68. The third-order valence-electron chi connectivity index (χ3n) is 9.04. The van der Waals surface area contributed by atoms with Gasteiger partial charge in [0.25, 0.3) is 0 Å². The van der Waals surface area contributed by atoms with Gasteiger partial charge in [-0.3, -0.25) is 14.4 Å². The molecule has 0 spiro atoms. The van der Waals surface area contributed by atoms with Crippen LogP contribution in [0.3, 0.4) is 0 Å². The van der Waals surface area contributed by atoms with Gasteiger partial charge in [-0.05, 0) is 42.2 Å². The fourth-order valence-electron chi connectivity index (χ4n) is 6.45. The van der Waals surface area contributed by atoms with Crippen molar-refractivity contribution in [3.8, 4) is 0 Å². The standard InChI is InChI=1S/C35H47N3O6/c1-3-4-14-23(2)28-21-29(40)37-32(30(24-15-8-5-9-16-24)25-17-10-6-11-18-25)34(42)36-27(22-39)33(41)38-31(35(43)44-28)26-19-12-7-13-20-26/h5-6,8-11,15-18,23,26-28,30-32,39H,3-4,7,12-14,19-22H2,1-2H3,(H,36,42)(H,37,40)(H,38,41)/t23-,27+,28-,31+,32-/m0/s1. The van der Waals surface area contributed by atoms with Crippen molar-refractivity contribution in [1.29, 1.82) is 0 Å². The maximum absolute atomic E-state index is 14.1. The molecule has 4 N–H and O–H groups in total. The molecular weight excluding hydrogens is 558 g/mol. The van der Waals surface area contributed by atoms with Gasteiger partial charge in [-0.1, -0.05) is 107 Å². The van der Waals surface area contributed by atoms with Crippen LogP contribution in [0.5, 0.6) is 0 Å². The lowest BCUT2D eigenvalue weighted by Crippen LogP contribution is -2.58. The molecule has 1 heterocycles. The molecule has 1 saturated carbocycles. The quantitative estimate of drug-likeness (QED) is 0.320. The number of aliphatic hydroxyl groups excluding tert-OH is 1. The highest BCUT2D eigenvalue weighted by atomic mass is 16.5. The van der Waals surface area contributed by atoms with E-state index in [2.05, 4.69) is 22.9 Å². The average Bonchev–Trinajstić information content (AvgIpc) is 3.05. The van der Waals surface area contributed by atoms with Crippen molar-refractivity contribution in [1.82, 2.24) is 16.0 Å². The molecule has 238 valence electrons. The molecule has 4 rings (SSSR count). The summed E-state index contributed by atoms with van der Waals surface area (Å²) in [6.07, 6.45) is 6.21. The average molecular weight is 606 g/mol. The van der Waals surface area contributed by atoms with Gasteiger partial charge >= 0.3 is 5.97 Å². The van der Waals surface area contributed by atoms with Crippen molar-refractivity contribution in [2.45, 2.75) is 102 Å². The monoisotopic (exact) mass is 605 g/mol. The molecule has 2 aromatic rings. The number of hydrogen-bond donors (Lipinski definition) is 4. The maximum Gasteiger partial charge on any atom is 0.329 e. The molecule has 1 aliphatic heterocycles. The summed E-state index contributed by atoms with van der Waals surface area (Å²) >= 11 is 0. The zero-order chi connectivity index (χ0) is 31.5. The summed E-state index contributed by atoms with van der Waals surface area (Å²) in [5, 5.41) is 18.7. The van der Waals surface area contributed by atoms with Gasteiger partial charge in [0.1, 0.15) is 24.2 Å². The minimum Gasteiger partial charge on any atom is -0.460 e. The highest BCUT2D eigenvalue weighted by Crippen LogP contribution is 2.31. The molecule has 9 nitrogen and oxygen atoms in total. The lowest BCUT2D eigenvalue weighted by Gasteiger charge is -2.32. The molecule has 0 aromatic heterocycles. The summed E-state index contributed by atoms with van der Waals surface area (Å²) in [5.74, 6) is -3.12. The fraction of sp³-hybridized carbons (Fsp3) is 0.543. The summed E-state index contributed by atoms with van der Waals surface area (Å²) in [4.78, 5) is 55.1. The van der Waals surface area contributed by atoms with E-state index in [1.165, 1.54) is 0 Å². The van der Waals surface area contributed by atoms with E-state index < -0.39 is 60.4 Å². The lowest BCUT2D eigenvalue weighted by molar-refractivity contribution is -0.159. The highest BCUT2D eigenvalue weighted by molar-refractivity contribution is 5.95. The van der Waals surface area contributed by atoms with E-state index in [0.717, 1.165) is 62.5 Å². The molecule has 3 amide bonds. The van der Waals surface area contributed by atoms with Gasteiger partial charge in [0.2, 0.25) is 17.7 Å². The lowest BCUT2D eigenvalue weighted by atomic mass is 9.83. The number of benzene rings is 2. The topological polar surface area (TPSA) is 134 Å². The number of nitrogens with one attached hydrogen (secondary N) is 3. The number of cyclic esters (lactones) is 1. The van der Waals surface area contributed by atoms with Crippen molar-refractivity contribution in [3.63, 3.8) is 0 Å². The Hall–Kier alpha value is -3.72. The predicted octanol–water partition coefficient (Wildman–Crippen LogP) is 3.99. The second kappa shape index (κ2) is 16.4. The van der Waals surface area contributed by atoms with E-state index in [-0.39, 0.29) is 18.3 Å². The molecule has 2 aliphatic rings. The molecule has 2 fully saturated rings. The van der Waals surface area contributed by atoms with Crippen LogP contribution in [-0.2, 0) is 23.9 Å². The Morgan fingerprint density at radius 3 is 2.02 bits per heavy atom. The van der Waals surface area contributed by atoms with Crippen LogP contribution in [0.15, 0.2) is 60.7 Å². The van der Waals surface area contributed by atoms with Gasteiger partial charge in [0, 0.05) is 5.92 Å². The van der Waals surface area contributed by atoms with Gasteiger partial charge in [0.15, 0.2) is 0 Å². The Labute approximate surface area is 260 Å². The summed E-state index contributed by atoms with van der Waals surface area (Å²) in [7, 11) is 0. The number of carbonyl (C=O) groups excluding carboxylic acids is 4. The van der Waals surface area contributed by atoms with Gasteiger partial charge in [-0.2, -0.15) is 0 Å². The van der Waals surface area contributed by atoms with E-state index in [1.54, 1.807) is 0 Å². The van der Waals surface area contributed by atoms with E-state index in [4.69, 9.17) is 4.74 Å². The minimum atomic E-state index is -1.33. The molecule has 9 heteroatoms. The molecular formula is C35H47N3O6. The number of aliphatic hydroxyl groups is 1. The molecule has 2 aromatic carbocycles. The second-order valence-corrected chi connectivity index (χ2v) is 12.3. The molecule has 0 unspecified atom stereocenters. The number of hydrogen-bond acceptors (Lipinski definition) is 6. The van der Waals surface area contributed by atoms with E-state index in [0.29, 0.717) is 0 Å². The first-order valence-corrected chi connectivity index (χ1v) is 16.1. The van der Waals surface area contributed by atoms with E-state index in [1.807, 2.05) is 67.6 Å². The van der Waals surface area contributed by atoms with Gasteiger partial charge in [0.05, 0.1) is 13.0 Å². The second-order valence-electron chi connectivity index (χ2n) is 12.3. The molecule has 1 saturated heterocycles. The Kier molecular flexibility index (Phi) is 12.4. The SMILES string of the molecule is CCCC[C@H](C)[C@@H]1CC(=O)N[C@@H](C(c2ccccc2)c2ccccc2)C(=O)N[C@H](CO)C(=O)N[C@H](C2CCCCC2)C(=O)O1. The van der Waals surface area contributed by atoms with Crippen LogP contribution in [0, 0.1) is 11.8 Å². The number of ether oxygens (including phenoxy) is 1. The number of carbonyl (C=O) groups is 4. The molecule has 5 atom stereocenters. The first kappa shape index (κ1) is 33.2. The highest BCUT2D eigenvalue weighted by Gasteiger charge is 2.40. The first-order chi connectivity index (χ1) is 21.3. The van der Waals surface area contributed by atoms with Crippen LogP contribution < -0.4 is 16.0 Å². The summed E-state index contributed by atoms with van der Waals surface area (Å²) < 4.78 is 6.09. The Morgan fingerprint density at radius 2 is 1.45 bits per heavy atom. The van der Waals surface area contributed by atoms with Gasteiger partial charge < -0.3 is 25.8 Å². The van der Waals surface area contributed by atoms with Crippen molar-refractivity contribution in [2.24, 2.45) is 11.8 Å². The van der Waals surface area contributed by atoms with Crippen LogP contribution in [0.1, 0.15) is 88.7 Å². The van der Waals surface area contributed by atoms with Crippen LogP contribution >= 0.6 is 0 Å². The van der Waals surface area contributed by atoms with Crippen LogP contribution in [0.4, 0.5) is 0 Å². The summed E-state index contributed by atoms with van der Waals surface area (Å²) in [5.41, 5.74) is 1.59. The maximum atomic E-state index is 14.1. The van der Waals surface area contributed by atoms with Crippen LogP contribution in [0.25, 0.3) is 0 Å². The smallest absolute Gasteiger partial charge is 0.329 e. The van der Waals surface area contributed by atoms with Gasteiger partial charge in [-0.15, -0.1) is 0 Å². The fourth-order valence-corrected chi connectivity index (χ4v) is 6.45. The zero-order valence-electron chi connectivity index (χ0n) is 25.9. The van der Waals surface area contributed by atoms with E-state index >= 15 is 0 Å². The normalized spacial score (nSPS) is 25.0. The zero-order valence-corrected chi connectivity index (χ0v) is 25.9. The molecule has 1 aliphatic carbocycles. The van der Waals surface area contributed by atoms with Crippen LogP contribution in [-0.4, -0.2) is 59.6 Å². The van der Waals surface area contributed by atoms with Crippen molar-refractivity contribution < 1.29 is 29.0 Å². The van der Waals surface area contributed by atoms with Crippen molar-refractivity contribution in [3.05, 3.63) is 71.8 Å². The number of amides is 3. The molecule has 0 radical (unpaired) electrons. The summed E-state index contributed by atoms with van der Waals surface area (Å²) in [6, 6.07) is 15.4. The van der Waals surface area contributed by atoms with Gasteiger partial charge in [-0.25, -0.2) is 4.79 Å². The Morgan fingerprint density at radius 1 is 0.841 bits per heavy atom. The number of unbranched alkanes of at least 4 members (excludes halogenated alkanes) is 1. The third-order valence-corrected chi connectivity index (χ3v) is 9.04. The Balaban J connectivity index is 1.75. The van der Waals surface area contributed by atoms with Crippen molar-refractivity contribution in [2.75, 3.05) is 6.61 Å². The first-order valence-electron chi connectivity index (χ1n) is 16.1. The summed E-state index contributed by atoms with van der Waals surface area (Å²) in [6.45, 7) is 3.37. The molecule has 44 heavy (non-hydrogen) atoms. The predicted molar refractivity (Wildman–Crippen MR) is 167 cm³/mol. The Bertz CT molecular complexity index is 1190. The van der Waals surface area contributed by atoms with Crippen molar-refractivity contribution >= 4 is 23.7 Å².